The van der Waals surface area contributed by atoms with Crippen molar-refractivity contribution < 1.29 is 10.2 Å². The topological polar surface area (TPSA) is 52.5 Å². The zero-order chi connectivity index (χ0) is 13.6. The highest BCUT2D eigenvalue weighted by Gasteiger charge is 2.30. The summed E-state index contributed by atoms with van der Waals surface area (Å²) in [5.41, 5.74) is 2.23. The third-order valence-corrected chi connectivity index (χ3v) is 4.25. The molecule has 19 heavy (non-hydrogen) atoms. The second-order valence-electron chi connectivity index (χ2n) is 5.80. The van der Waals surface area contributed by atoms with Gasteiger partial charge in [0.25, 0.3) is 0 Å². The lowest BCUT2D eigenvalue weighted by atomic mass is 9.74. The highest BCUT2D eigenvalue weighted by molar-refractivity contribution is 5.22. The monoisotopic (exact) mass is 263 g/mol. The lowest BCUT2D eigenvalue weighted by molar-refractivity contribution is 0.0810. The molecule has 3 N–H and O–H groups in total. The van der Waals surface area contributed by atoms with Crippen LogP contribution in [0.3, 0.4) is 0 Å². The van der Waals surface area contributed by atoms with Gasteiger partial charge in [0.05, 0.1) is 6.61 Å². The van der Waals surface area contributed by atoms with Gasteiger partial charge in [-0.25, -0.2) is 0 Å². The third kappa shape index (κ3) is 4.03. The van der Waals surface area contributed by atoms with Crippen LogP contribution >= 0.6 is 0 Å². The van der Waals surface area contributed by atoms with Crippen LogP contribution in [-0.2, 0) is 13.2 Å². The molecule has 1 fully saturated rings. The molecule has 106 valence electrons. The minimum atomic E-state index is 0.0901. The van der Waals surface area contributed by atoms with Gasteiger partial charge < -0.3 is 15.5 Å². The van der Waals surface area contributed by atoms with Crippen molar-refractivity contribution in [2.24, 2.45) is 5.41 Å². The molecule has 3 heteroatoms. The van der Waals surface area contributed by atoms with E-state index in [2.05, 4.69) is 11.4 Å². The molecule has 1 aromatic rings. The summed E-state index contributed by atoms with van der Waals surface area (Å²) >= 11 is 0. The van der Waals surface area contributed by atoms with Gasteiger partial charge in [0, 0.05) is 25.1 Å². The van der Waals surface area contributed by atoms with E-state index in [0.717, 1.165) is 31.5 Å². The normalized spacial score (nSPS) is 18.4. The predicted molar refractivity (Wildman–Crippen MR) is 76.7 cm³/mol. The Morgan fingerprint density at radius 1 is 1.05 bits per heavy atom. The molecular formula is C16H25NO2. The zero-order valence-electron chi connectivity index (χ0n) is 11.6. The summed E-state index contributed by atoms with van der Waals surface area (Å²) in [6, 6.07) is 8.00. The van der Waals surface area contributed by atoms with Gasteiger partial charge in [0.15, 0.2) is 0 Å². The van der Waals surface area contributed by atoms with Crippen molar-refractivity contribution >= 4 is 0 Å². The maximum atomic E-state index is 9.65. The van der Waals surface area contributed by atoms with E-state index in [0.29, 0.717) is 0 Å². The smallest absolute Gasteiger partial charge is 0.0681 e. The van der Waals surface area contributed by atoms with Crippen LogP contribution in [0.4, 0.5) is 0 Å². The largest absolute Gasteiger partial charge is 0.396 e. The molecule has 1 aromatic carbocycles. The molecule has 0 atom stereocenters. The first-order valence-electron chi connectivity index (χ1n) is 7.28. The predicted octanol–water partition coefficient (Wildman–Crippen LogP) is 2.21. The summed E-state index contributed by atoms with van der Waals surface area (Å²) in [6.07, 6.45) is 6.05. The van der Waals surface area contributed by atoms with E-state index in [9.17, 15) is 5.11 Å². The van der Waals surface area contributed by atoms with E-state index in [-0.39, 0.29) is 18.6 Å². The van der Waals surface area contributed by atoms with E-state index in [1.54, 1.807) is 0 Å². The minimum absolute atomic E-state index is 0.0901. The fraction of sp³-hybridized carbons (Fsp3) is 0.625. The van der Waals surface area contributed by atoms with Crippen LogP contribution in [0.1, 0.15) is 43.2 Å². The standard InChI is InChI=1S/C16H25NO2/c18-11-15-6-4-5-14(9-15)10-17-12-16(13-19)7-2-1-3-8-16/h4-6,9,17-19H,1-3,7-8,10-13H2. The molecule has 0 amide bonds. The van der Waals surface area contributed by atoms with Crippen LogP contribution in [0, 0.1) is 5.41 Å². The van der Waals surface area contributed by atoms with Crippen molar-refractivity contribution in [2.75, 3.05) is 13.2 Å². The first-order chi connectivity index (χ1) is 9.28. The number of rotatable bonds is 6. The number of aliphatic hydroxyl groups is 2. The van der Waals surface area contributed by atoms with Crippen LogP contribution in [0.5, 0.6) is 0 Å². The molecule has 2 rings (SSSR count). The van der Waals surface area contributed by atoms with Gasteiger partial charge in [-0.1, -0.05) is 43.5 Å². The van der Waals surface area contributed by atoms with Gasteiger partial charge in [0.1, 0.15) is 0 Å². The molecule has 0 bridgehead atoms. The van der Waals surface area contributed by atoms with E-state index < -0.39 is 0 Å². The van der Waals surface area contributed by atoms with Crippen molar-refractivity contribution in [3.63, 3.8) is 0 Å². The molecule has 0 radical (unpaired) electrons. The summed E-state index contributed by atoms with van der Waals surface area (Å²) in [5, 5.41) is 22.2. The number of nitrogens with one attached hydrogen (secondary N) is 1. The summed E-state index contributed by atoms with van der Waals surface area (Å²) in [6.45, 7) is 2.06. The van der Waals surface area contributed by atoms with E-state index in [1.807, 2.05) is 18.2 Å². The van der Waals surface area contributed by atoms with Crippen molar-refractivity contribution in [3.8, 4) is 0 Å². The zero-order valence-corrected chi connectivity index (χ0v) is 11.6. The Balaban J connectivity index is 1.84. The molecule has 0 spiro atoms. The first kappa shape index (κ1) is 14.5. The van der Waals surface area contributed by atoms with Gasteiger partial charge in [-0.15, -0.1) is 0 Å². The summed E-state index contributed by atoms with van der Waals surface area (Å²) in [5.74, 6) is 0. The maximum absolute atomic E-state index is 9.65. The van der Waals surface area contributed by atoms with Gasteiger partial charge in [-0.05, 0) is 24.0 Å². The van der Waals surface area contributed by atoms with Crippen LogP contribution in [-0.4, -0.2) is 23.4 Å². The summed E-state index contributed by atoms with van der Waals surface area (Å²) < 4.78 is 0. The van der Waals surface area contributed by atoms with E-state index in [4.69, 9.17) is 5.11 Å². The number of benzene rings is 1. The van der Waals surface area contributed by atoms with Crippen LogP contribution in [0.25, 0.3) is 0 Å². The Bertz CT molecular complexity index is 386. The lowest BCUT2D eigenvalue weighted by Gasteiger charge is -2.35. The molecule has 0 aliphatic heterocycles. The van der Waals surface area contributed by atoms with Crippen molar-refractivity contribution in [1.82, 2.24) is 5.32 Å². The SMILES string of the molecule is OCc1cccc(CNCC2(CO)CCCCC2)c1. The Hall–Kier alpha value is -0.900. The molecule has 1 saturated carbocycles. The summed E-state index contributed by atoms with van der Waals surface area (Å²) in [4.78, 5) is 0. The fourth-order valence-corrected chi connectivity index (χ4v) is 3.00. The average molecular weight is 263 g/mol. The molecule has 0 unspecified atom stereocenters. The highest BCUT2D eigenvalue weighted by Crippen LogP contribution is 2.35. The highest BCUT2D eigenvalue weighted by atomic mass is 16.3. The average Bonchev–Trinajstić information content (AvgIpc) is 2.48. The molecule has 0 heterocycles. The quantitative estimate of drug-likeness (QED) is 0.737. The van der Waals surface area contributed by atoms with Crippen molar-refractivity contribution in [1.29, 1.82) is 0 Å². The second-order valence-corrected chi connectivity index (χ2v) is 5.80. The van der Waals surface area contributed by atoms with Gasteiger partial charge >= 0.3 is 0 Å². The van der Waals surface area contributed by atoms with Crippen LogP contribution in [0.15, 0.2) is 24.3 Å². The molecule has 0 aromatic heterocycles. The Morgan fingerprint density at radius 2 is 1.79 bits per heavy atom. The fourth-order valence-electron chi connectivity index (χ4n) is 3.00. The first-order valence-corrected chi connectivity index (χ1v) is 7.28. The molecule has 0 saturated heterocycles. The number of hydrogen-bond acceptors (Lipinski definition) is 3. The van der Waals surface area contributed by atoms with E-state index >= 15 is 0 Å². The van der Waals surface area contributed by atoms with E-state index in [1.165, 1.54) is 24.8 Å². The van der Waals surface area contributed by atoms with Crippen LogP contribution in [0.2, 0.25) is 0 Å². The lowest BCUT2D eigenvalue weighted by Crippen LogP contribution is -2.38. The number of hydrogen-bond donors (Lipinski definition) is 3. The third-order valence-electron chi connectivity index (χ3n) is 4.25. The summed E-state index contributed by atoms with van der Waals surface area (Å²) in [7, 11) is 0. The maximum Gasteiger partial charge on any atom is 0.0681 e. The Labute approximate surface area is 115 Å². The Kier molecular flexibility index (Phi) is 5.37. The van der Waals surface area contributed by atoms with Crippen LogP contribution < -0.4 is 5.32 Å². The van der Waals surface area contributed by atoms with Crippen molar-refractivity contribution in [2.45, 2.75) is 45.3 Å². The van der Waals surface area contributed by atoms with Gasteiger partial charge in [-0.2, -0.15) is 0 Å². The number of aliphatic hydroxyl groups excluding tert-OH is 2. The molecule has 1 aliphatic carbocycles. The Morgan fingerprint density at radius 3 is 2.47 bits per heavy atom. The second kappa shape index (κ2) is 7.04. The molecule has 3 nitrogen and oxygen atoms in total. The van der Waals surface area contributed by atoms with Gasteiger partial charge in [0.2, 0.25) is 0 Å². The molecule has 1 aliphatic rings. The van der Waals surface area contributed by atoms with Crippen molar-refractivity contribution in [3.05, 3.63) is 35.4 Å². The molecular weight excluding hydrogens is 238 g/mol. The van der Waals surface area contributed by atoms with Gasteiger partial charge in [-0.3, -0.25) is 0 Å². The minimum Gasteiger partial charge on any atom is -0.396 e.